The number of ether oxygens (including phenoxy) is 3. The van der Waals surface area contributed by atoms with Gasteiger partial charge in [-0.1, -0.05) is 65.7 Å². The number of aryl methyl sites for hydroxylation is 2. The van der Waals surface area contributed by atoms with Crippen LogP contribution in [-0.2, 0) is 49.2 Å². The van der Waals surface area contributed by atoms with Crippen LogP contribution in [0.5, 0.6) is 17.2 Å². The second-order valence-corrected chi connectivity index (χ2v) is 16.3. The number of pyridine rings is 1. The summed E-state index contributed by atoms with van der Waals surface area (Å²) in [4.78, 5) is 37.4. The molecule has 0 radical (unpaired) electrons. The minimum atomic E-state index is -0.982. The average Bonchev–Trinajstić information content (AvgIpc) is 3.64. The van der Waals surface area contributed by atoms with Crippen molar-refractivity contribution in [2.24, 2.45) is 7.05 Å². The number of aromatic nitrogens is 3. The maximum atomic E-state index is 14.3. The molecule has 2 aliphatic heterocycles. The van der Waals surface area contributed by atoms with E-state index < -0.39 is 18.1 Å². The first kappa shape index (κ1) is 40.9. The Morgan fingerprint density at radius 3 is 2.42 bits per heavy atom. The first-order valence-corrected chi connectivity index (χ1v) is 20.6. The number of carbonyl (C=O) groups excluding carboxylic acids is 1. The molecule has 0 fully saturated rings. The Morgan fingerprint density at radius 2 is 1.68 bits per heavy atom. The van der Waals surface area contributed by atoms with Gasteiger partial charge in [0.2, 0.25) is 5.91 Å². The zero-order chi connectivity index (χ0) is 41.9. The van der Waals surface area contributed by atoms with Crippen LogP contribution in [0.1, 0.15) is 57.4 Å². The summed E-state index contributed by atoms with van der Waals surface area (Å²) in [5.74, 6) is 1.54. The Kier molecular flexibility index (Phi) is 12.1. The van der Waals surface area contributed by atoms with Crippen molar-refractivity contribution in [1.29, 1.82) is 0 Å². The van der Waals surface area contributed by atoms with Crippen LogP contribution in [0.3, 0.4) is 0 Å². The van der Waals surface area contributed by atoms with Gasteiger partial charge in [0, 0.05) is 43.9 Å². The van der Waals surface area contributed by atoms with E-state index in [2.05, 4.69) is 27.1 Å². The quantitative estimate of drug-likeness (QED) is 0.117. The Morgan fingerprint density at radius 1 is 0.917 bits per heavy atom. The van der Waals surface area contributed by atoms with Gasteiger partial charge >= 0.3 is 5.97 Å². The predicted octanol–water partition coefficient (Wildman–Crippen LogP) is 8.63. The zero-order valence-electron chi connectivity index (χ0n) is 33.5. The molecule has 4 aromatic carbocycles. The SMILES string of the molecule is Cc1nccc(-c2ccc(C[C@@H](CC(=O)O)NC(=O)[C@@H]3Cc4cc5c(cc4CN3Cc3nccn3C)O[C@@H](c3ccc(OCc4ccc(Cl)c(Cl)c4)cc3)CO5)cc2)c1C. The first-order chi connectivity index (χ1) is 29.0. The number of nitrogens with one attached hydrogen (secondary N) is 1. The van der Waals surface area contributed by atoms with E-state index in [9.17, 15) is 14.7 Å². The van der Waals surface area contributed by atoms with Gasteiger partial charge in [0.05, 0.1) is 29.1 Å². The van der Waals surface area contributed by atoms with E-state index in [1.807, 2.05) is 97.5 Å². The van der Waals surface area contributed by atoms with Gasteiger partial charge in [-0.15, -0.1) is 0 Å². The summed E-state index contributed by atoms with van der Waals surface area (Å²) in [5.41, 5.74) is 9.01. The van der Waals surface area contributed by atoms with Crippen LogP contribution in [-0.4, -0.2) is 55.1 Å². The topological polar surface area (TPSA) is 128 Å². The molecule has 0 saturated carbocycles. The lowest BCUT2D eigenvalue weighted by molar-refractivity contribution is -0.138. The lowest BCUT2D eigenvalue weighted by Crippen LogP contribution is -2.53. The van der Waals surface area contributed by atoms with Gasteiger partial charge in [-0.3, -0.25) is 19.5 Å². The van der Waals surface area contributed by atoms with E-state index in [0.29, 0.717) is 66.4 Å². The zero-order valence-corrected chi connectivity index (χ0v) is 35.0. The molecule has 3 atom stereocenters. The van der Waals surface area contributed by atoms with E-state index in [-0.39, 0.29) is 18.4 Å². The predicted molar refractivity (Wildman–Crippen MR) is 230 cm³/mol. The highest BCUT2D eigenvalue weighted by Crippen LogP contribution is 2.41. The molecule has 308 valence electrons. The van der Waals surface area contributed by atoms with E-state index in [1.165, 1.54) is 0 Å². The van der Waals surface area contributed by atoms with Gasteiger partial charge in [-0.05, 0) is 114 Å². The van der Waals surface area contributed by atoms with Crippen LogP contribution in [0.25, 0.3) is 11.1 Å². The molecule has 13 heteroatoms. The molecule has 2 aromatic heterocycles. The fourth-order valence-electron chi connectivity index (χ4n) is 7.84. The van der Waals surface area contributed by atoms with Crippen LogP contribution in [0, 0.1) is 13.8 Å². The molecule has 8 rings (SSSR count). The van der Waals surface area contributed by atoms with Gasteiger partial charge < -0.3 is 29.2 Å². The van der Waals surface area contributed by atoms with Crippen molar-refractivity contribution in [3.05, 3.63) is 158 Å². The Hall–Kier alpha value is -5.88. The molecular formula is C47H45Cl2N5O6. The molecule has 2 aliphatic rings. The molecule has 0 unspecified atom stereocenters. The Balaban J connectivity index is 0.969. The molecular weight excluding hydrogens is 801 g/mol. The number of hydrogen-bond donors (Lipinski definition) is 2. The number of carboxylic acids is 1. The fourth-order valence-corrected chi connectivity index (χ4v) is 8.16. The highest BCUT2D eigenvalue weighted by molar-refractivity contribution is 6.42. The molecule has 60 heavy (non-hydrogen) atoms. The van der Waals surface area contributed by atoms with Crippen molar-refractivity contribution in [3.63, 3.8) is 0 Å². The maximum Gasteiger partial charge on any atom is 0.305 e. The van der Waals surface area contributed by atoms with E-state index in [1.54, 1.807) is 24.5 Å². The van der Waals surface area contributed by atoms with Crippen LogP contribution in [0.2, 0.25) is 10.0 Å². The lowest BCUT2D eigenvalue weighted by atomic mass is 9.91. The third-order valence-electron chi connectivity index (χ3n) is 11.3. The normalized spacial score (nSPS) is 16.5. The molecule has 0 bridgehead atoms. The number of amides is 1. The number of hydrogen-bond acceptors (Lipinski definition) is 8. The minimum absolute atomic E-state index is 0.215. The number of fused-ring (bicyclic) bond motifs is 2. The monoisotopic (exact) mass is 845 g/mol. The molecule has 0 saturated heterocycles. The molecule has 4 heterocycles. The van der Waals surface area contributed by atoms with Crippen molar-refractivity contribution in [1.82, 2.24) is 24.8 Å². The lowest BCUT2D eigenvalue weighted by Gasteiger charge is -2.37. The van der Waals surface area contributed by atoms with Gasteiger partial charge in [-0.2, -0.15) is 0 Å². The van der Waals surface area contributed by atoms with E-state index >= 15 is 0 Å². The second-order valence-electron chi connectivity index (χ2n) is 15.4. The number of benzene rings is 4. The number of aliphatic carboxylic acids is 1. The van der Waals surface area contributed by atoms with Crippen molar-refractivity contribution in [2.45, 2.75) is 71.0 Å². The summed E-state index contributed by atoms with van der Waals surface area (Å²) in [5, 5.41) is 14.0. The Labute approximate surface area is 358 Å². The summed E-state index contributed by atoms with van der Waals surface area (Å²) in [7, 11) is 1.93. The summed E-state index contributed by atoms with van der Waals surface area (Å²) in [6, 6.07) is 26.0. The standard InChI is InChI=1S/C47H45Cl2N5O6/c1-28-29(2)50-15-14-38(28)32-7-4-30(5-8-32)18-36(23-46(55)56)52-47(57)41-20-34-21-42-43(22-35(34)24-54(41)25-45-51-16-17-53(45)3)60-44(27-59-42)33-9-11-37(12-10-33)58-26-31-6-13-39(48)40(49)19-31/h4-17,19,21-22,36,41,44H,18,20,23-27H2,1-3H3,(H,52,57)(H,55,56)/t36-,41-,44+/m0/s1. The summed E-state index contributed by atoms with van der Waals surface area (Å²) in [6.45, 7) is 5.56. The highest BCUT2D eigenvalue weighted by atomic mass is 35.5. The number of carboxylic acid groups (broad SMARTS) is 1. The number of imidazole rings is 1. The van der Waals surface area contributed by atoms with Gasteiger partial charge in [-0.25, -0.2) is 4.98 Å². The third kappa shape index (κ3) is 9.28. The summed E-state index contributed by atoms with van der Waals surface area (Å²) < 4.78 is 20.7. The molecule has 2 N–H and O–H groups in total. The first-order valence-electron chi connectivity index (χ1n) is 19.8. The van der Waals surface area contributed by atoms with Crippen molar-refractivity contribution in [3.8, 4) is 28.4 Å². The van der Waals surface area contributed by atoms with Crippen molar-refractivity contribution >= 4 is 35.1 Å². The number of nitrogens with zero attached hydrogens (tertiary/aromatic N) is 4. The highest BCUT2D eigenvalue weighted by Gasteiger charge is 2.35. The molecule has 11 nitrogen and oxygen atoms in total. The fraction of sp³-hybridized carbons (Fsp3) is 0.277. The van der Waals surface area contributed by atoms with Gasteiger partial charge in [0.15, 0.2) is 17.6 Å². The number of carbonyl (C=O) groups is 2. The average molecular weight is 847 g/mol. The van der Waals surface area contributed by atoms with E-state index in [0.717, 1.165) is 56.0 Å². The summed E-state index contributed by atoms with van der Waals surface area (Å²) >= 11 is 12.2. The maximum absolute atomic E-state index is 14.3. The van der Waals surface area contributed by atoms with Gasteiger partial charge in [0.25, 0.3) is 0 Å². The van der Waals surface area contributed by atoms with Crippen LogP contribution >= 0.6 is 23.2 Å². The summed E-state index contributed by atoms with van der Waals surface area (Å²) in [6.07, 6.45) is 5.63. The third-order valence-corrected chi connectivity index (χ3v) is 12.1. The number of rotatable bonds is 13. The second kappa shape index (κ2) is 17.8. The largest absolute Gasteiger partial charge is 0.489 e. The molecule has 0 aliphatic carbocycles. The van der Waals surface area contributed by atoms with Crippen LogP contribution in [0.4, 0.5) is 0 Å². The van der Waals surface area contributed by atoms with Crippen LogP contribution in [0.15, 0.2) is 104 Å². The number of halogens is 2. The molecule has 0 spiro atoms. The Bertz CT molecular complexity index is 2530. The molecule has 6 aromatic rings. The molecule has 1 amide bonds. The van der Waals surface area contributed by atoms with Crippen molar-refractivity contribution < 1.29 is 28.9 Å². The van der Waals surface area contributed by atoms with Crippen LogP contribution < -0.4 is 19.5 Å². The minimum Gasteiger partial charge on any atom is -0.489 e. The van der Waals surface area contributed by atoms with Gasteiger partial charge in [0.1, 0.15) is 24.8 Å². The van der Waals surface area contributed by atoms with Crippen molar-refractivity contribution in [2.75, 3.05) is 6.61 Å². The smallest absolute Gasteiger partial charge is 0.305 e. The van der Waals surface area contributed by atoms with E-state index in [4.69, 9.17) is 37.4 Å².